The lowest BCUT2D eigenvalue weighted by Gasteiger charge is -2.13. The molecule has 182 valence electrons. The fourth-order valence-electron chi connectivity index (χ4n) is 3.98. The number of benzene rings is 2. The molecular weight excluding hydrogens is 466 g/mol. The van der Waals surface area contributed by atoms with Crippen LogP contribution in [0.4, 0.5) is 5.69 Å². The molecule has 8 heteroatoms. The van der Waals surface area contributed by atoms with Crippen molar-refractivity contribution in [2.45, 2.75) is 46.0 Å². The molecule has 1 aromatic heterocycles. The first-order chi connectivity index (χ1) is 17.0. The van der Waals surface area contributed by atoms with Crippen molar-refractivity contribution in [3.05, 3.63) is 81.8 Å². The van der Waals surface area contributed by atoms with Crippen LogP contribution in [0.1, 0.15) is 70.4 Å². The Hall–Kier alpha value is -3.58. The van der Waals surface area contributed by atoms with Crippen LogP contribution in [0.15, 0.2) is 58.0 Å². The molecule has 0 saturated carbocycles. The molecule has 0 unspecified atom stereocenters. The molecular formula is C27H28ClN3O4. The Labute approximate surface area is 209 Å². The molecule has 0 atom stereocenters. The molecule has 35 heavy (non-hydrogen) atoms. The van der Waals surface area contributed by atoms with Crippen LogP contribution in [0.5, 0.6) is 5.75 Å². The number of aryl methyl sites for hydroxylation is 1. The minimum Gasteiger partial charge on any atom is -0.494 e. The summed E-state index contributed by atoms with van der Waals surface area (Å²) in [5.74, 6) is 0.975. The zero-order chi connectivity index (χ0) is 24.8. The van der Waals surface area contributed by atoms with Crippen molar-refractivity contribution in [1.82, 2.24) is 5.43 Å². The van der Waals surface area contributed by atoms with Crippen LogP contribution >= 0.6 is 11.6 Å². The summed E-state index contributed by atoms with van der Waals surface area (Å²) in [7, 11) is 0. The van der Waals surface area contributed by atoms with Crippen molar-refractivity contribution in [3.8, 4) is 5.75 Å². The third-order valence-electron chi connectivity index (χ3n) is 5.82. The normalized spacial score (nSPS) is 13.9. The second-order valence-corrected chi connectivity index (χ2v) is 8.77. The van der Waals surface area contributed by atoms with E-state index >= 15 is 0 Å². The highest BCUT2D eigenvalue weighted by Crippen LogP contribution is 2.30. The summed E-state index contributed by atoms with van der Waals surface area (Å²) >= 11 is 6.11. The Morgan fingerprint density at radius 1 is 1.09 bits per heavy atom. The number of nitrogens with one attached hydrogen (secondary N) is 2. The summed E-state index contributed by atoms with van der Waals surface area (Å²) in [5.41, 5.74) is 5.74. The van der Waals surface area contributed by atoms with Gasteiger partial charge in [-0.25, -0.2) is 5.43 Å². The summed E-state index contributed by atoms with van der Waals surface area (Å²) in [6.45, 7) is 4.61. The standard InChI is InChI=1S/C27H28ClN3O4/c1-3-4-16-34-19-14-12-18(13-15-19)29-27(33)25-17(2)24-22(10-7-11-23(24)35-25)30-31-26(32)20-8-5-6-9-21(20)28/h5-6,8-9,12-15H,3-4,7,10-11,16H2,1-2H3,(H,29,33)(H,31,32)/b30-22+. The molecule has 1 heterocycles. The van der Waals surface area contributed by atoms with E-state index in [9.17, 15) is 9.59 Å². The monoisotopic (exact) mass is 493 g/mol. The quantitative estimate of drug-likeness (QED) is 0.291. The molecule has 0 fully saturated rings. The lowest BCUT2D eigenvalue weighted by atomic mass is 9.93. The van der Waals surface area contributed by atoms with Gasteiger partial charge >= 0.3 is 0 Å². The van der Waals surface area contributed by atoms with E-state index in [1.54, 1.807) is 36.4 Å². The van der Waals surface area contributed by atoms with Gasteiger partial charge in [0, 0.05) is 23.2 Å². The molecule has 2 aromatic carbocycles. The average molecular weight is 494 g/mol. The van der Waals surface area contributed by atoms with Gasteiger partial charge in [0.15, 0.2) is 5.76 Å². The number of amides is 2. The van der Waals surface area contributed by atoms with E-state index in [-0.39, 0.29) is 11.7 Å². The van der Waals surface area contributed by atoms with Crippen molar-refractivity contribution in [2.75, 3.05) is 11.9 Å². The second kappa shape index (κ2) is 11.2. The molecule has 0 spiro atoms. The van der Waals surface area contributed by atoms with E-state index in [4.69, 9.17) is 20.8 Å². The van der Waals surface area contributed by atoms with Gasteiger partial charge < -0.3 is 14.5 Å². The number of hydrazone groups is 1. The zero-order valence-electron chi connectivity index (χ0n) is 19.8. The summed E-state index contributed by atoms with van der Waals surface area (Å²) < 4.78 is 11.6. The van der Waals surface area contributed by atoms with Crippen molar-refractivity contribution in [1.29, 1.82) is 0 Å². The molecule has 0 saturated heterocycles. The fourth-order valence-corrected chi connectivity index (χ4v) is 4.20. The second-order valence-electron chi connectivity index (χ2n) is 8.37. The number of ether oxygens (including phenoxy) is 1. The summed E-state index contributed by atoms with van der Waals surface area (Å²) in [6.07, 6.45) is 4.24. The van der Waals surface area contributed by atoms with Crippen LogP contribution in [0.2, 0.25) is 5.02 Å². The lowest BCUT2D eigenvalue weighted by molar-refractivity contribution is 0.0953. The van der Waals surface area contributed by atoms with Gasteiger partial charge in [-0.05, 0) is 62.6 Å². The fraction of sp³-hybridized carbons (Fsp3) is 0.296. The molecule has 3 aromatic rings. The number of nitrogens with zero attached hydrogens (tertiary/aromatic N) is 1. The molecule has 7 nitrogen and oxygen atoms in total. The maximum absolute atomic E-state index is 13.0. The van der Waals surface area contributed by atoms with Gasteiger partial charge in [-0.15, -0.1) is 0 Å². The summed E-state index contributed by atoms with van der Waals surface area (Å²) in [6, 6.07) is 14.1. The van der Waals surface area contributed by atoms with Crippen LogP contribution in [-0.2, 0) is 6.42 Å². The van der Waals surface area contributed by atoms with E-state index in [2.05, 4.69) is 22.8 Å². The number of furan rings is 1. The summed E-state index contributed by atoms with van der Waals surface area (Å²) in [5, 5.41) is 7.59. The first-order valence-electron chi connectivity index (χ1n) is 11.8. The topological polar surface area (TPSA) is 92.9 Å². The maximum atomic E-state index is 13.0. The maximum Gasteiger partial charge on any atom is 0.291 e. The van der Waals surface area contributed by atoms with Gasteiger partial charge in [0.2, 0.25) is 0 Å². The predicted octanol–water partition coefficient (Wildman–Crippen LogP) is 6.14. The number of anilines is 1. The first kappa shape index (κ1) is 24.5. The molecule has 1 aliphatic carbocycles. The van der Waals surface area contributed by atoms with E-state index in [1.165, 1.54) is 0 Å². The Bertz CT molecular complexity index is 1250. The molecule has 1 aliphatic rings. The van der Waals surface area contributed by atoms with E-state index in [1.807, 2.05) is 19.1 Å². The van der Waals surface area contributed by atoms with Crippen LogP contribution in [0.3, 0.4) is 0 Å². The van der Waals surface area contributed by atoms with Crippen LogP contribution < -0.4 is 15.5 Å². The number of fused-ring (bicyclic) bond motifs is 1. The number of hydrogen-bond donors (Lipinski definition) is 2. The largest absolute Gasteiger partial charge is 0.494 e. The Morgan fingerprint density at radius 2 is 1.86 bits per heavy atom. The predicted molar refractivity (Wildman–Crippen MR) is 137 cm³/mol. The molecule has 0 bridgehead atoms. The third kappa shape index (κ3) is 5.74. The van der Waals surface area contributed by atoms with Crippen molar-refractivity contribution in [2.24, 2.45) is 5.10 Å². The highest BCUT2D eigenvalue weighted by atomic mass is 35.5. The summed E-state index contributed by atoms with van der Waals surface area (Å²) in [4.78, 5) is 25.5. The number of rotatable bonds is 8. The van der Waals surface area contributed by atoms with Gasteiger partial charge in [0.25, 0.3) is 11.8 Å². The van der Waals surface area contributed by atoms with Crippen LogP contribution in [-0.4, -0.2) is 24.1 Å². The van der Waals surface area contributed by atoms with Gasteiger partial charge in [-0.3, -0.25) is 9.59 Å². The minimum atomic E-state index is -0.392. The van der Waals surface area contributed by atoms with E-state index in [0.29, 0.717) is 52.8 Å². The Balaban J connectivity index is 1.48. The molecule has 4 rings (SSSR count). The van der Waals surface area contributed by atoms with Crippen molar-refractivity contribution >= 4 is 34.8 Å². The molecule has 2 N–H and O–H groups in total. The molecule has 2 amide bonds. The molecule has 0 radical (unpaired) electrons. The smallest absolute Gasteiger partial charge is 0.291 e. The first-order valence-corrected chi connectivity index (χ1v) is 12.1. The number of hydrogen-bond acceptors (Lipinski definition) is 5. The van der Waals surface area contributed by atoms with Crippen LogP contribution in [0, 0.1) is 6.92 Å². The van der Waals surface area contributed by atoms with Crippen molar-refractivity contribution < 1.29 is 18.7 Å². The van der Waals surface area contributed by atoms with E-state index < -0.39 is 5.91 Å². The highest BCUT2D eigenvalue weighted by Gasteiger charge is 2.28. The van der Waals surface area contributed by atoms with Gasteiger partial charge in [-0.2, -0.15) is 5.10 Å². The van der Waals surface area contributed by atoms with Gasteiger partial charge in [0.05, 0.1) is 22.9 Å². The number of halogens is 1. The van der Waals surface area contributed by atoms with E-state index in [0.717, 1.165) is 30.6 Å². The SMILES string of the molecule is CCCCOc1ccc(NC(=O)c2oc3c(c2C)/C(=N/NC(=O)c2ccccc2Cl)CCC3)cc1. The van der Waals surface area contributed by atoms with Gasteiger partial charge in [0.1, 0.15) is 11.5 Å². The van der Waals surface area contributed by atoms with Crippen LogP contribution in [0.25, 0.3) is 0 Å². The Morgan fingerprint density at radius 3 is 2.60 bits per heavy atom. The van der Waals surface area contributed by atoms with Gasteiger partial charge in [-0.1, -0.05) is 37.1 Å². The highest BCUT2D eigenvalue weighted by molar-refractivity contribution is 6.33. The molecule has 0 aliphatic heterocycles. The lowest BCUT2D eigenvalue weighted by Crippen LogP contribution is -2.22. The van der Waals surface area contributed by atoms with Crippen molar-refractivity contribution in [3.63, 3.8) is 0 Å². The Kier molecular flexibility index (Phi) is 7.87. The average Bonchev–Trinajstić information content (AvgIpc) is 3.21. The number of carbonyl (C=O) groups excluding carboxylic acids is 2. The number of carbonyl (C=O) groups is 2. The zero-order valence-corrected chi connectivity index (χ0v) is 20.6. The number of unbranched alkanes of at least 4 members (excludes halogenated alkanes) is 1. The third-order valence-corrected chi connectivity index (χ3v) is 6.15. The minimum absolute atomic E-state index is 0.241.